The number of ether oxygens (including phenoxy) is 1. The van der Waals surface area contributed by atoms with Gasteiger partial charge in [-0.2, -0.15) is 0 Å². The summed E-state index contributed by atoms with van der Waals surface area (Å²) in [6, 6.07) is 74.6. The fourth-order valence-corrected chi connectivity index (χ4v) is 12.7. The summed E-state index contributed by atoms with van der Waals surface area (Å²) in [5.74, 6) is 3.29. The molecular weight excluding hydrogens is 1220 g/mol. The van der Waals surface area contributed by atoms with Crippen LogP contribution in [-0.2, 0) is 21.1 Å². The molecule has 0 unspecified atom stereocenters. The van der Waals surface area contributed by atoms with Crippen molar-refractivity contribution >= 4 is 65.6 Å². The fraction of sp³-hybridized carbons (Fsp3) is 0.182. The summed E-state index contributed by atoms with van der Waals surface area (Å²) in [5.41, 5.74) is 20.7. The maximum absolute atomic E-state index is 7.36. The van der Waals surface area contributed by atoms with Crippen LogP contribution in [-0.4, -0.2) is 24.1 Å². The van der Waals surface area contributed by atoms with Crippen LogP contribution in [0.5, 0.6) is 11.5 Å². The number of benzene rings is 10. The molecule has 0 N–H and O–H groups in total. The molecule has 0 fully saturated rings. The van der Waals surface area contributed by atoms with E-state index in [-0.39, 0.29) is 44.7 Å². The number of para-hydroxylation sites is 4. The molecule has 0 aliphatic rings. The van der Waals surface area contributed by atoms with Crippen LogP contribution < -0.4 is 4.74 Å². The number of aromatic nitrogens is 5. The van der Waals surface area contributed by atoms with Gasteiger partial charge in [-0.05, 0) is 160 Å². The van der Waals surface area contributed by atoms with E-state index in [0.29, 0.717) is 28.5 Å². The molecule has 14 rings (SSSR count). The fourth-order valence-electron chi connectivity index (χ4n) is 12.7. The minimum Gasteiger partial charge on any atom is -0.500 e. The Morgan fingerprint density at radius 2 is 0.929 bits per heavy atom. The van der Waals surface area contributed by atoms with Gasteiger partial charge in [0.25, 0.3) is 0 Å². The van der Waals surface area contributed by atoms with Crippen LogP contribution in [0.25, 0.3) is 122 Å². The number of furan rings is 1. The minimum atomic E-state index is 0. The topological polar surface area (TPSA) is 70.9 Å². The zero-order valence-corrected chi connectivity index (χ0v) is 51.8. The van der Waals surface area contributed by atoms with Gasteiger partial charge in [0.1, 0.15) is 5.58 Å². The number of nitrogens with zero attached hydrogens (tertiary/aromatic N) is 5. The maximum Gasteiger partial charge on any atom is 2.00 e. The van der Waals surface area contributed by atoms with E-state index in [0.717, 1.165) is 94.1 Å². The molecule has 8 heteroatoms. The van der Waals surface area contributed by atoms with Gasteiger partial charge in [-0.25, -0.2) is 0 Å². The van der Waals surface area contributed by atoms with Crippen LogP contribution >= 0.6 is 0 Å². The molecule has 4 heterocycles. The van der Waals surface area contributed by atoms with Crippen molar-refractivity contribution in [3.63, 3.8) is 0 Å². The van der Waals surface area contributed by atoms with Crippen molar-refractivity contribution in [1.29, 1.82) is 0 Å². The van der Waals surface area contributed by atoms with Crippen LogP contribution in [0.4, 0.5) is 0 Å². The number of aryl methyl sites for hydroxylation is 2. The smallest absolute Gasteiger partial charge is 0.500 e. The normalized spacial score (nSPS) is 12.0. The number of hydrogen-bond acceptors (Lipinski definition) is 5. The predicted molar refractivity (Wildman–Crippen MR) is 348 cm³/mol. The molecule has 14 aromatic rings. The van der Waals surface area contributed by atoms with E-state index >= 15 is 0 Å². The zero-order valence-electron chi connectivity index (χ0n) is 49.6. The van der Waals surface area contributed by atoms with E-state index in [9.17, 15) is 0 Å². The van der Waals surface area contributed by atoms with Crippen molar-refractivity contribution in [2.45, 2.75) is 92.9 Å². The molecule has 0 saturated carbocycles. The van der Waals surface area contributed by atoms with E-state index < -0.39 is 0 Å². The zero-order chi connectivity index (χ0) is 57.7. The Morgan fingerprint density at radius 1 is 0.412 bits per heavy atom. The molecule has 0 atom stereocenters. The Balaban J connectivity index is 0.00000672. The molecule has 7 nitrogen and oxygen atoms in total. The second kappa shape index (κ2) is 21.9. The molecule has 10 aromatic carbocycles. The summed E-state index contributed by atoms with van der Waals surface area (Å²) in [6.45, 7) is 22.4. The second-order valence-electron chi connectivity index (χ2n) is 23.8. The number of hydrogen-bond donors (Lipinski definition) is 0. The van der Waals surface area contributed by atoms with Gasteiger partial charge in [-0.15, -0.1) is 23.8 Å². The van der Waals surface area contributed by atoms with Gasteiger partial charge < -0.3 is 18.3 Å². The number of fused-ring (bicyclic) bond motifs is 8. The standard InChI is InChI=1S/C77H65N5O2.Pt/c1-44(2)60-37-54(50-22-13-11-14-23-50)38-61(45(3)4)72(60)81-70-30-19-17-28-68(70)79-76(81)53-26-21-27-57(35-53)83-58-42-66-59-33-32-52-36-64-49(10)78-48(9)34-56(64)41-65(52)74(59)84-75(66)67(43-58)77-80-69-29-18-20-31-71(69)82(77)73-62(46(5)6)39-55(40-63(73)47(7)8)51-24-15-12-16-25-51;/h11-34,36-42,44-47H,1-10H3;/q-2;+2. The van der Waals surface area contributed by atoms with E-state index in [4.69, 9.17) is 24.1 Å². The molecule has 420 valence electrons. The predicted octanol–water partition coefficient (Wildman–Crippen LogP) is 21.1. The van der Waals surface area contributed by atoms with Crippen LogP contribution in [0.2, 0.25) is 0 Å². The summed E-state index contributed by atoms with van der Waals surface area (Å²) in [5, 5.41) is 6.19. The van der Waals surface area contributed by atoms with Gasteiger partial charge in [-0.3, -0.25) is 15.0 Å². The molecule has 0 aliphatic heterocycles. The van der Waals surface area contributed by atoms with Crippen LogP contribution in [0.15, 0.2) is 192 Å². The largest absolute Gasteiger partial charge is 2.00 e. The first-order chi connectivity index (χ1) is 40.8. The molecule has 0 amide bonds. The van der Waals surface area contributed by atoms with Crippen LogP contribution in [0.1, 0.15) is 113 Å². The van der Waals surface area contributed by atoms with E-state index in [2.05, 4.69) is 266 Å². The first-order valence-electron chi connectivity index (χ1n) is 29.5. The molecule has 0 radical (unpaired) electrons. The van der Waals surface area contributed by atoms with Crippen molar-refractivity contribution < 1.29 is 30.2 Å². The molecule has 4 aromatic heterocycles. The number of pyridine rings is 1. The number of rotatable bonds is 12. The Bertz CT molecular complexity index is 4850. The van der Waals surface area contributed by atoms with Gasteiger partial charge in [-0.1, -0.05) is 182 Å². The van der Waals surface area contributed by atoms with Gasteiger partial charge >= 0.3 is 21.1 Å². The van der Waals surface area contributed by atoms with E-state index in [1.807, 2.05) is 12.1 Å². The average Bonchev–Trinajstić information content (AvgIpc) is 2.09. The van der Waals surface area contributed by atoms with Crippen molar-refractivity contribution in [2.75, 3.05) is 0 Å². The molecule has 85 heavy (non-hydrogen) atoms. The van der Waals surface area contributed by atoms with E-state index in [1.165, 1.54) is 44.5 Å². The summed E-state index contributed by atoms with van der Waals surface area (Å²) >= 11 is 0. The van der Waals surface area contributed by atoms with Gasteiger partial charge in [0.05, 0.1) is 39.3 Å². The second-order valence-corrected chi connectivity index (χ2v) is 23.8. The Kier molecular flexibility index (Phi) is 14.3. The first-order valence-corrected chi connectivity index (χ1v) is 29.5. The van der Waals surface area contributed by atoms with E-state index in [1.54, 1.807) is 0 Å². The third-order valence-corrected chi connectivity index (χ3v) is 16.8. The SMILES string of the molecule is Cc1cc2cc3c(ccc4c5cc(Oc6[c-]c(-c7nc8ccccc8n7-c7c(C(C)C)cc(-c8ccccc8)cc7C(C)C)ccc6)[c-]c(-c6nc7ccccc7n6-c6c(C(C)C)cc(-c7ccccc7)cc6C(C)C)c5oc34)cc2c(C)n1.[Pt+2]. The Hall–Kier alpha value is -8.90. The molecule has 0 bridgehead atoms. The third kappa shape index (κ3) is 9.63. The van der Waals surface area contributed by atoms with Crippen molar-refractivity contribution in [3.05, 3.63) is 234 Å². The molecular formula is C77H65N5O2Pt. The summed E-state index contributed by atoms with van der Waals surface area (Å²) in [6.07, 6.45) is 0. The number of imidazole rings is 2. The average molecular weight is 1290 g/mol. The van der Waals surface area contributed by atoms with Gasteiger partial charge in [0.15, 0.2) is 0 Å². The Labute approximate surface area is 511 Å². The van der Waals surface area contributed by atoms with Crippen molar-refractivity contribution in [2.24, 2.45) is 0 Å². The quantitative estimate of drug-likeness (QED) is 0.0900. The van der Waals surface area contributed by atoms with Crippen molar-refractivity contribution in [1.82, 2.24) is 24.1 Å². The van der Waals surface area contributed by atoms with Crippen LogP contribution in [0, 0.1) is 26.0 Å². The summed E-state index contributed by atoms with van der Waals surface area (Å²) < 4.78 is 19.3. The maximum atomic E-state index is 7.36. The molecule has 0 saturated heterocycles. The third-order valence-electron chi connectivity index (χ3n) is 16.8. The Morgan fingerprint density at radius 3 is 1.49 bits per heavy atom. The van der Waals surface area contributed by atoms with Crippen molar-refractivity contribution in [3.8, 4) is 67.9 Å². The minimum absolute atomic E-state index is 0. The monoisotopic (exact) mass is 1290 g/mol. The summed E-state index contributed by atoms with van der Waals surface area (Å²) in [7, 11) is 0. The summed E-state index contributed by atoms with van der Waals surface area (Å²) in [4.78, 5) is 15.8. The van der Waals surface area contributed by atoms with Gasteiger partial charge in [0.2, 0.25) is 0 Å². The molecule has 0 spiro atoms. The van der Waals surface area contributed by atoms with Crippen LogP contribution in [0.3, 0.4) is 0 Å². The molecule has 0 aliphatic carbocycles. The first kappa shape index (κ1) is 55.3. The van der Waals surface area contributed by atoms with Gasteiger partial charge in [0, 0.05) is 50.4 Å².